The number of carbonyl (C=O) groups excluding carboxylic acids is 1. The van der Waals surface area contributed by atoms with E-state index in [1.54, 1.807) is 10.9 Å². The van der Waals surface area contributed by atoms with Crippen LogP contribution in [0.2, 0.25) is 0 Å². The predicted molar refractivity (Wildman–Crippen MR) is 116 cm³/mol. The SMILES string of the molecule is C[C@H]1CC[C@@H]2C3CC[C@@]4(C)C([C@@H]3CC[C@@H]2C1)[C@H](C1CC1)C[C@@H]4C(=O)Cn1ccnn1. The molecule has 1 heterocycles. The fourth-order valence-electron chi connectivity index (χ4n) is 9.36. The molecule has 0 bridgehead atoms. The lowest BCUT2D eigenvalue weighted by molar-refractivity contribution is -0.131. The average molecular weight is 410 g/mol. The molecule has 1 aromatic heterocycles. The van der Waals surface area contributed by atoms with E-state index in [1.807, 2.05) is 6.20 Å². The molecule has 6 rings (SSSR count). The molecule has 4 heteroatoms. The van der Waals surface area contributed by atoms with Crippen LogP contribution >= 0.6 is 0 Å². The lowest BCUT2D eigenvalue weighted by Gasteiger charge is -2.57. The van der Waals surface area contributed by atoms with Crippen molar-refractivity contribution in [2.75, 3.05) is 0 Å². The van der Waals surface area contributed by atoms with Gasteiger partial charge < -0.3 is 0 Å². The Bertz CT molecular complexity index is 786. The Labute approximate surface area is 181 Å². The molecule has 0 saturated heterocycles. The molecule has 9 atom stereocenters. The second-order valence-corrected chi connectivity index (χ2v) is 12.2. The summed E-state index contributed by atoms with van der Waals surface area (Å²) in [7, 11) is 0. The molecule has 30 heavy (non-hydrogen) atoms. The van der Waals surface area contributed by atoms with Gasteiger partial charge in [-0.05, 0) is 111 Å². The topological polar surface area (TPSA) is 47.8 Å². The first-order chi connectivity index (χ1) is 14.5. The van der Waals surface area contributed by atoms with E-state index >= 15 is 0 Å². The van der Waals surface area contributed by atoms with E-state index in [1.165, 1.54) is 57.8 Å². The summed E-state index contributed by atoms with van der Waals surface area (Å²) in [4.78, 5) is 13.5. The number of carbonyl (C=O) groups is 1. The summed E-state index contributed by atoms with van der Waals surface area (Å²) in [5.41, 5.74) is 0.223. The molecule has 0 radical (unpaired) electrons. The van der Waals surface area contributed by atoms with Gasteiger partial charge in [-0.3, -0.25) is 4.79 Å². The highest BCUT2D eigenvalue weighted by Gasteiger charge is 2.63. The van der Waals surface area contributed by atoms with Gasteiger partial charge in [-0.15, -0.1) is 5.10 Å². The Hall–Kier alpha value is -1.19. The van der Waals surface area contributed by atoms with Crippen LogP contribution in [0.25, 0.3) is 0 Å². The van der Waals surface area contributed by atoms with Crippen LogP contribution in [0.15, 0.2) is 12.4 Å². The van der Waals surface area contributed by atoms with Crippen molar-refractivity contribution >= 4 is 5.78 Å². The first-order valence-corrected chi connectivity index (χ1v) is 12.9. The van der Waals surface area contributed by atoms with Gasteiger partial charge in [0.25, 0.3) is 0 Å². The largest absolute Gasteiger partial charge is 0.297 e. The number of fused-ring (bicyclic) bond motifs is 5. The molecule has 0 aliphatic heterocycles. The van der Waals surface area contributed by atoms with Crippen molar-refractivity contribution in [3.05, 3.63) is 12.4 Å². The third-order valence-electron chi connectivity index (χ3n) is 10.7. The minimum absolute atomic E-state index is 0.223. The monoisotopic (exact) mass is 409 g/mol. The van der Waals surface area contributed by atoms with E-state index in [4.69, 9.17) is 0 Å². The van der Waals surface area contributed by atoms with E-state index in [0.717, 1.165) is 53.8 Å². The lowest BCUT2D eigenvalue weighted by atomic mass is 9.48. The Morgan fingerprint density at radius 1 is 0.967 bits per heavy atom. The molecule has 5 aliphatic rings. The van der Waals surface area contributed by atoms with Gasteiger partial charge in [0.15, 0.2) is 5.78 Å². The minimum Gasteiger partial charge on any atom is -0.297 e. The Balaban J connectivity index is 1.28. The van der Waals surface area contributed by atoms with Crippen molar-refractivity contribution in [3.8, 4) is 0 Å². The van der Waals surface area contributed by atoms with Crippen molar-refractivity contribution < 1.29 is 4.79 Å². The molecule has 0 aromatic carbocycles. The highest BCUT2D eigenvalue weighted by atomic mass is 16.1. The first-order valence-electron chi connectivity index (χ1n) is 12.9. The number of aromatic nitrogens is 3. The number of hydrogen-bond acceptors (Lipinski definition) is 3. The third-order valence-corrected chi connectivity index (χ3v) is 10.7. The molecule has 5 aliphatic carbocycles. The van der Waals surface area contributed by atoms with Crippen LogP contribution in [0.4, 0.5) is 0 Å². The number of ketones is 1. The highest BCUT2D eigenvalue weighted by Crippen LogP contribution is 2.69. The Morgan fingerprint density at radius 3 is 2.53 bits per heavy atom. The van der Waals surface area contributed by atoms with E-state index in [2.05, 4.69) is 24.2 Å². The quantitative estimate of drug-likeness (QED) is 0.670. The molecular formula is C26H39N3O. The highest BCUT2D eigenvalue weighted by molar-refractivity contribution is 5.82. The molecule has 164 valence electrons. The predicted octanol–water partition coefficient (Wildman–Crippen LogP) is 5.39. The fraction of sp³-hybridized carbons (Fsp3) is 0.885. The zero-order valence-corrected chi connectivity index (χ0v) is 18.9. The number of nitrogens with zero attached hydrogens (tertiary/aromatic N) is 3. The van der Waals surface area contributed by atoms with Gasteiger partial charge in [0.05, 0.1) is 6.20 Å². The van der Waals surface area contributed by atoms with Crippen molar-refractivity contribution in [1.82, 2.24) is 15.0 Å². The molecular weight excluding hydrogens is 370 g/mol. The maximum atomic E-state index is 13.5. The number of rotatable bonds is 4. The fourth-order valence-corrected chi connectivity index (χ4v) is 9.36. The number of Topliss-reactive ketones (excluding diaryl/α,β-unsaturated/α-hetero) is 1. The van der Waals surface area contributed by atoms with E-state index in [0.29, 0.717) is 12.3 Å². The van der Waals surface area contributed by atoms with Crippen LogP contribution in [0, 0.1) is 58.7 Å². The van der Waals surface area contributed by atoms with Gasteiger partial charge in [0, 0.05) is 12.1 Å². The van der Waals surface area contributed by atoms with Crippen LogP contribution < -0.4 is 0 Å². The maximum Gasteiger partial charge on any atom is 0.157 e. The van der Waals surface area contributed by atoms with Gasteiger partial charge >= 0.3 is 0 Å². The van der Waals surface area contributed by atoms with Crippen LogP contribution in [-0.4, -0.2) is 20.8 Å². The summed E-state index contributed by atoms with van der Waals surface area (Å²) in [5, 5.41) is 8.00. The van der Waals surface area contributed by atoms with Crippen molar-refractivity contribution in [1.29, 1.82) is 0 Å². The Morgan fingerprint density at radius 2 is 1.77 bits per heavy atom. The third kappa shape index (κ3) is 3.03. The standard InChI is InChI=1S/C26H39N3O/c1-16-3-7-19-18(13-16)6-8-21-20(19)9-10-26(2)23(14-22(25(21)26)17-4-5-17)24(30)15-29-12-11-27-28-29/h11-12,16-23,25H,3-10,13-15H2,1-2H3/t16-,18+,19-,20?,21+,22-,23+,25?,26+/m0/s1. The van der Waals surface area contributed by atoms with Crippen molar-refractivity contribution in [3.63, 3.8) is 0 Å². The second-order valence-electron chi connectivity index (χ2n) is 12.2. The average Bonchev–Trinajstić information content (AvgIpc) is 3.35. The second kappa shape index (κ2) is 7.17. The summed E-state index contributed by atoms with van der Waals surface area (Å²) in [5.74, 6) is 7.99. The smallest absolute Gasteiger partial charge is 0.157 e. The van der Waals surface area contributed by atoms with Crippen LogP contribution in [0.5, 0.6) is 0 Å². The molecule has 5 fully saturated rings. The summed E-state index contributed by atoms with van der Waals surface area (Å²) in [6.45, 7) is 5.42. The first kappa shape index (κ1) is 19.5. The molecule has 0 N–H and O–H groups in total. The summed E-state index contributed by atoms with van der Waals surface area (Å²) in [6, 6.07) is 0. The summed E-state index contributed by atoms with van der Waals surface area (Å²) >= 11 is 0. The molecule has 0 spiro atoms. The normalized spacial score (nSPS) is 47.9. The van der Waals surface area contributed by atoms with E-state index in [-0.39, 0.29) is 11.3 Å². The number of hydrogen-bond donors (Lipinski definition) is 0. The molecule has 5 saturated carbocycles. The van der Waals surface area contributed by atoms with Crippen molar-refractivity contribution in [2.45, 2.75) is 84.6 Å². The Kier molecular flexibility index (Phi) is 4.66. The molecule has 1 aromatic rings. The molecule has 0 amide bonds. The lowest BCUT2D eigenvalue weighted by Crippen LogP contribution is -2.50. The van der Waals surface area contributed by atoms with Gasteiger partial charge in [0.1, 0.15) is 6.54 Å². The van der Waals surface area contributed by atoms with Gasteiger partial charge in [-0.1, -0.05) is 25.5 Å². The van der Waals surface area contributed by atoms with Gasteiger partial charge in [-0.2, -0.15) is 0 Å². The van der Waals surface area contributed by atoms with Crippen molar-refractivity contribution in [2.24, 2.45) is 58.7 Å². The molecule has 4 nitrogen and oxygen atoms in total. The maximum absolute atomic E-state index is 13.5. The van der Waals surface area contributed by atoms with Crippen LogP contribution in [0.1, 0.15) is 78.1 Å². The minimum atomic E-state index is 0.223. The van der Waals surface area contributed by atoms with E-state index in [9.17, 15) is 4.79 Å². The van der Waals surface area contributed by atoms with Gasteiger partial charge in [0.2, 0.25) is 0 Å². The summed E-state index contributed by atoms with van der Waals surface area (Å²) < 4.78 is 1.74. The van der Waals surface area contributed by atoms with Crippen LogP contribution in [-0.2, 0) is 11.3 Å². The van der Waals surface area contributed by atoms with Crippen LogP contribution in [0.3, 0.4) is 0 Å². The van der Waals surface area contributed by atoms with Gasteiger partial charge in [-0.25, -0.2) is 4.68 Å². The van der Waals surface area contributed by atoms with E-state index < -0.39 is 0 Å². The summed E-state index contributed by atoms with van der Waals surface area (Å²) in [6.07, 6.45) is 17.5. The molecule has 2 unspecified atom stereocenters. The zero-order valence-electron chi connectivity index (χ0n) is 18.9. The zero-order chi connectivity index (χ0) is 20.5.